The Balaban J connectivity index is 1.74. The van der Waals surface area contributed by atoms with Gasteiger partial charge in [0.1, 0.15) is 0 Å². The van der Waals surface area contributed by atoms with Crippen LogP contribution >= 0.6 is 0 Å². The molecule has 0 spiro atoms. The van der Waals surface area contributed by atoms with Crippen LogP contribution in [0.3, 0.4) is 0 Å². The van der Waals surface area contributed by atoms with Crippen LogP contribution in [0.15, 0.2) is 53.1 Å². The molecule has 0 N–H and O–H groups in total. The summed E-state index contributed by atoms with van der Waals surface area (Å²) in [5.41, 5.74) is 0.611. The molecule has 0 radical (unpaired) electrons. The number of aromatic nitrogens is 2. The van der Waals surface area contributed by atoms with Crippen molar-refractivity contribution in [1.82, 2.24) is 15.0 Å². The van der Waals surface area contributed by atoms with Gasteiger partial charge in [-0.3, -0.25) is 25.0 Å². The second kappa shape index (κ2) is 9.77. The van der Waals surface area contributed by atoms with E-state index in [0.29, 0.717) is 17.9 Å². The van der Waals surface area contributed by atoms with Crippen molar-refractivity contribution in [3.8, 4) is 11.4 Å². The average molecular weight is 439 g/mol. The number of carbonyl (C=O) groups excluding carboxylic acids is 1. The lowest BCUT2D eigenvalue weighted by Gasteiger charge is -2.28. The fourth-order valence-electron chi connectivity index (χ4n) is 3.08. The molecule has 0 aliphatic heterocycles. The molecule has 11 nitrogen and oxygen atoms in total. The highest BCUT2D eigenvalue weighted by molar-refractivity contribution is 5.95. The molecular weight excluding hydrogens is 418 g/mol. The number of non-ortho nitro benzene ring substituents is 2. The Morgan fingerprint density at radius 3 is 2.41 bits per heavy atom. The highest BCUT2D eigenvalue weighted by atomic mass is 16.6. The summed E-state index contributed by atoms with van der Waals surface area (Å²) in [6.07, 6.45) is 0.976. The molecule has 1 atom stereocenters. The van der Waals surface area contributed by atoms with Gasteiger partial charge in [-0.1, -0.05) is 18.1 Å². The SMILES string of the molecule is CCC(C)N(CCc1nc(-c2ccc([N+](=O)[O-])cc2)no1)C(=O)c1cccc([N+](=O)[O-])c1. The third kappa shape index (κ3) is 5.12. The van der Waals surface area contributed by atoms with Crippen molar-refractivity contribution in [1.29, 1.82) is 0 Å². The molecule has 3 rings (SSSR count). The number of hydrogen-bond acceptors (Lipinski definition) is 8. The van der Waals surface area contributed by atoms with Crippen molar-refractivity contribution in [2.24, 2.45) is 0 Å². The van der Waals surface area contributed by atoms with E-state index in [4.69, 9.17) is 4.52 Å². The standard InChI is InChI=1S/C21H21N5O6/c1-3-14(2)24(21(27)16-5-4-6-18(13-16)26(30)31)12-11-19-22-20(23-32-19)15-7-9-17(10-8-15)25(28)29/h4-10,13-14H,3,11-12H2,1-2H3. The van der Waals surface area contributed by atoms with Gasteiger partial charge in [0.05, 0.1) is 9.85 Å². The van der Waals surface area contributed by atoms with Crippen LogP contribution in [0, 0.1) is 20.2 Å². The van der Waals surface area contributed by atoms with Crippen molar-refractivity contribution in [2.45, 2.75) is 32.7 Å². The Hall–Kier alpha value is -4.15. The van der Waals surface area contributed by atoms with Crippen LogP contribution in [0.2, 0.25) is 0 Å². The molecule has 0 saturated carbocycles. The van der Waals surface area contributed by atoms with Gasteiger partial charge in [0.25, 0.3) is 17.3 Å². The smallest absolute Gasteiger partial charge is 0.270 e. The van der Waals surface area contributed by atoms with Gasteiger partial charge in [-0.2, -0.15) is 4.98 Å². The van der Waals surface area contributed by atoms with E-state index in [-0.39, 0.29) is 47.7 Å². The Labute approximate surface area is 183 Å². The normalized spacial score (nSPS) is 11.7. The first-order chi connectivity index (χ1) is 15.3. The molecule has 3 aromatic rings. The Morgan fingerprint density at radius 2 is 1.78 bits per heavy atom. The molecular formula is C21H21N5O6. The summed E-state index contributed by atoms with van der Waals surface area (Å²) >= 11 is 0. The third-order valence-electron chi connectivity index (χ3n) is 5.06. The van der Waals surface area contributed by atoms with Crippen LogP contribution in [0.25, 0.3) is 11.4 Å². The number of carbonyl (C=O) groups is 1. The molecule has 1 amide bonds. The van der Waals surface area contributed by atoms with Crippen LogP contribution in [0.4, 0.5) is 11.4 Å². The summed E-state index contributed by atoms with van der Waals surface area (Å²) < 4.78 is 5.27. The largest absolute Gasteiger partial charge is 0.339 e. The number of benzene rings is 2. The Morgan fingerprint density at radius 1 is 1.09 bits per heavy atom. The summed E-state index contributed by atoms with van der Waals surface area (Å²) in [6.45, 7) is 4.11. The van der Waals surface area contributed by atoms with Crippen LogP contribution in [0.1, 0.15) is 36.5 Å². The quantitative estimate of drug-likeness (QED) is 0.359. The van der Waals surface area contributed by atoms with Gasteiger partial charge in [0.15, 0.2) is 0 Å². The molecule has 11 heteroatoms. The van der Waals surface area contributed by atoms with Gasteiger partial charge in [0.2, 0.25) is 11.7 Å². The van der Waals surface area contributed by atoms with Crippen LogP contribution in [-0.2, 0) is 6.42 Å². The monoisotopic (exact) mass is 439 g/mol. The van der Waals surface area contributed by atoms with E-state index >= 15 is 0 Å². The number of rotatable bonds is 9. The van der Waals surface area contributed by atoms with E-state index in [0.717, 1.165) is 0 Å². The zero-order chi connectivity index (χ0) is 23.3. The summed E-state index contributed by atoms with van der Waals surface area (Å²) in [5, 5.41) is 25.7. The first-order valence-corrected chi connectivity index (χ1v) is 9.93. The van der Waals surface area contributed by atoms with Gasteiger partial charge < -0.3 is 9.42 Å². The molecule has 32 heavy (non-hydrogen) atoms. The lowest BCUT2D eigenvalue weighted by atomic mass is 10.1. The number of nitrogens with zero attached hydrogens (tertiary/aromatic N) is 5. The van der Waals surface area contributed by atoms with Crippen molar-refractivity contribution in [3.63, 3.8) is 0 Å². The summed E-state index contributed by atoms with van der Waals surface area (Å²) in [5.74, 6) is 0.270. The van der Waals surface area contributed by atoms with Crippen LogP contribution < -0.4 is 0 Å². The van der Waals surface area contributed by atoms with E-state index < -0.39 is 9.85 Å². The molecule has 2 aromatic carbocycles. The maximum absolute atomic E-state index is 13.0. The summed E-state index contributed by atoms with van der Waals surface area (Å²) in [6, 6.07) is 11.3. The number of amides is 1. The van der Waals surface area contributed by atoms with E-state index in [1.165, 1.54) is 42.5 Å². The molecule has 0 aliphatic carbocycles. The Bertz CT molecular complexity index is 1130. The van der Waals surface area contributed by atoms with E-state index in [2.05, 4.69) is 10.1 Å². The highest BCUT2D eigenvalue weighted by Gasteiger charge is 2.23. The van der Waals surface area contributed by atoms with Crippen molar-refractivity contribution in [3.05, 3.63) is 80.2 Å². The lowest BCUT2D eigenvalue weighted by molar-refractivity contribution is -0.385. The first kappa shape index (κ1) is 22.5. The summed E-state index contributed by atoms with van der Waals surface area (Å²) in [7, 11) is 0. The maximum Gasteiger partial charge on any atom is 0.270 e. The zero-order valence-electron chi connectivity index (χ0n) is 17.5. The van der Waals surface area contributed by atoms with E-state index in [9.17, 15) is 25.0 Å². The molecule has 1 aromatic heterocycles. The second-order valence-corrected chi connectivity index (χ2v) is 7.13. The van der Waals surface area contributed by atoms with E-state index in [1.807, 2.05) is 13.8 Å². The molecule has 0 aliphatic rings. The van der Waals surface area contributed by atoms with Crippen LogP contribution in [-0.4, -0.2) is 43.4 Å². The fraction of sp³-hybridized carbons (Fsp3) is 0.286. The summed E-state index contributed by atoms with van der Waals surface area (Å²) in [4.78, 5) is 39.7. The second-order valence-electron chi connectivity index (χ2n) is 7.13. The molecule has 1 heterocycles. The lowest BCUT2D eigenvalue weighted by Crippen LogP contribution is -2.39. The minimum absolute atomic E-state index is 0.0404. The van der Waals surface area contributed by atoms with Gasteiger partial charge in [-0.15, -0.1) is 0 Å². The van der Waals surface area contributed by atoms with Gasteiger partial charge in [-0.25, -0.2) is 0 Å². The predicted octanol–water partition coefficient (Wildman–Crippen LogP) is 4.04. The minimum atomic E-state index is -0.539. The number of nitro benzene ring substituents is 2. The number of nitro groups is 2. The first-order valence-electron chi connectivity index (χ1n) is 9.93. The van der Waals surface area contributed by atoms with E-state index in [1.54, 1.807) is 11.0 Å². The van der Waals surface area contributed by atoms with Crippen LogP contribution in [0.5, 0.6) is 0 Å². The highest BCUT2D eigenvalue weighted by Crippen LogP contribution is 2.21. The molecule has 0 bridgehead atoms. The fourth-order valence-corrected chi connectivity index (χ4v) is 3.08. The maximum atomic E-state index is 13.0. The van der Waals surface area contributed by atoms with Gasteiger partial charge in [0, 0.05) is 54.4 Å². The minimum Gasteiger partial charge on any atom is -0.339 e. The molecule has 1 unspecified atom stereocenters. The van der Waals surface area contributed by atoms with Crippen molar-refractivity contribution in [2.75, 3.05) is 6.54 Å². The molecule has 0 saturated heterocycles. The molecule has 0 fully saturated rings. The Kier molecular flexibility index (Phi) is 6.88. The average Bonchev–Trinajstić information content (AvgIpc) is 3.28. The predicted molar refractivity (Wildman–Crippen MR) is 114 cm³/mol. The topological polar surface area (TPSA) is 146 Å². The number of hydrogen-bond donors (Lipinski definition) is 0. The molecule has 166 valence electrons. The van der Waals surface area contributed by atoms with Gasteiger partial charge in [-0.05, 0) is 31.5 Å². The zero-order valence-corrected chi connectivity index (χ0v) is 17.5. The van der Waals surface area contributed by atoms with Crippen molar-refractivity contribution < 1.29 is 19.2 Å². The van der Waals surface area contributed by atoms with Gasteiger partial charge >= 0.3 is 0 Å². The van der Waals surface area contributed by atoms with Crippen molar-refractivity contribution >= 4 is 17.3 Å². The third-order valence-corrected chi connectivity index (χ3v) is 5.06.